The van der Waals surface area contributed by atoms with Gasteiger partial charge in [-0.1, -0.05) is 36.8 Å². The molecule has 142 valence electrons. The Balaban J connectivity index is 1.49. The molecular formula is C20H25N5O2. The predicted molar refractivity (Wildman–Crippen MR) is 101 cm³/mol. The van der Waals surface area contributed by atoms with Gasteiger partial charge in [-0.25, -0.2) is 9.67 Å². The molecule has 0 aliphatic carbocycles. The Kier molecular flexibility index (Phi) is 4.92. The second-order valence-electron chi connectivity index (χ2n) is 7.27. The van der Waals surface area contributed by atoms with Gasteiger partial charge in [-0.15, -0.1) is 0 Å². The lowest BCUT2D eigenvalue weighted by Gasteiger charge is -2.34. The lowest BCUT2D eigenvalue weighted by Crippen LogP contribution is -2.47. The number of nitrogens with zero attached hydrogens (tertiary/aromatic N) is 5. The number of hydrogen-bond acceptors (Lipinski definition) is 4. The Hall–Kier alpha value is -2.70. The summed E-state index contributed by atoms with van der Waals surface area (Å²) in [7, 11) is 0. The second-order valence-corrected chi connectivity index (χ2v) is 7.27. The van der Waals surface area contributed by atoms with Crippen molar-refractivity contribution < 1.29 is 9.59 Å². The highest BCUT2D eigenvalue weighted by Gasteiger charge is 2.32. The monoisotopic (exact) mass is 367 g/mol. The third kappa shape index (κ3) is 3.59. The lowest BCUT2D eigenvalue weighted by molar-refractivity contribution is -0.142. The van der Waals surface area contributed by atoms with E-state index in [2.05, 4.69) is 10.1 Å². The number of fused-ring (bicyclic) bond motifs is 1. The molecule has 7 nitrogen and oxygen atoms in total. The molecule has 0 N–H and O–H groups in total. The molecular weight excluding hydrogens is 342 g/mol. The van der Waals surface area contributed by atoms with Crippen molar-refractivity contribution in [1.82, 2.24) is 24.6 Å². The van der Waals surface area contributed by atoms with Crippen molar-refractivity contribution in [3.8, 4) is 11.4 Å². The van der Waals surface area contributed by atoms with Crippen molar-refractivity contribution in [2.24, 2.45) is 0 Å². The molecule has 27 heavy (non-hydrogen) atoms. The molecule has 7 heteroatoms. The van der Waals surface area contributed by atoms with Crippen LogP contribution in [-0.4, -0.2) is 56.0 Å². The molecule has 0 radical (unpaired) electrons. The first-order valence-corrected chi connectivity index (χ1v) is 9.71. The second kappa shape index (κ2) is 7.50. The SMILES string of the molecule is C[C@H]1c2nc(-c3ccccc3)nn2CCN1C(=O)CN1CCCCCC1=O. The van der Waals surface area contributed by atoms with Crippen LogP contribution in [-0.2, 0) is 16.1 Å². The number of rotatable bonds is 3. The summed E-state index contributed by atoms with van der Waals surface area (Å²) in [5.41, 5.74) is 0.972. The summed E-state index contributed by atoms with van der Waals surface area (Å²) in [4.78, 5) is 33.3. The van der Waals surface area contributed by atoms with E-state index in [1.54, 1.807) is 4.90 Å². The molecule has 0 bridgehead atoms. The Morgan fingerprint density at radius 3 is 2.74 bits per heavy atom. The molecule has 2 aliphatic heterocycles. The van der Waals surface area contributed by atoms with Crippen LogP contribution in [0.2, 0.25) is 0 Å². The van der Waals surface area contributed by atoms with Crippen LogP contribution in [0.15, 0.2) is 30.3 Å². The molecule has 0 unspecified atom stereocenters. The summed E-state index contributed by atoms with van der Waals surface area (Å²) >= 11 is 0. The topological polar surface area (TPSA) is 71.3 Å². The quantitative estimate of drug-likeness (QED) is 0.834. The van der Waals surface area contributed by atoms with E-state index in [0.29, 0.717) is 31.9 Å². The maximum Gasteiger partial charge on any atom is 0.242 e. The number of aromatic nitrogens is 3. The molecule has 2 aliphatic rings. The standard InChI is InChI=1S/C20H25N5O2/c1-15-20-21-19(16-8-4-2-5-9-16)22-25(20)13-12-24(15)18(27)14-23-11-7-3-6-10-17(23)26/h2,4-5,8-9,15H,3,6-7,10-14H2,1H3/t15-/m0/s1. The van der Waals surface area contributed by atoms with Gasteiger partial charge in [0.2, 0.25) is 11.8 Å². The summed E-state index contributed by atoms with van der Waals surface area (Å²) in [5.74, 6) is 1.58. The number of likely N-dealkylation sites (tertiary alicyclic amines) is 1. The van der Waals surface area contributed by atoms with Crippen LogP contribution < -0.4 is 0 Å². The Morgan fingerprint density at radius 2 is 1.93 bits per heavy atom. The van der Waals surface area contributed by atoms with Crippen molar-refractivity contribution in [3.63, 3.8) is 0 Å². The first-order valence-electron chi connectivity index (χ1n) is 9.71. The first-order chi connectivity index (χ1) is 13.1. The molecule has 3 heterocycles. The molecule has 2 amide bonds. The van der Waals surface area contributed by atoms with Crippen molar-refractivity contribution in [3.05, 3.63) is 36.2 Å². The van der Waals surface area contributed by atoms with E-state index in [0.717, 1.165) is 30.7 Å². The minimum Gasteiger partial charge on any atom is -0.333 e. The van der Waals surface area contributed by atoms with Crippen molar-refractivity contribution >= 4 is 11.8 Å². The highest BCUT2D eigenvalue weighted by molar-refractivity contribution is 5.85. The number of hydrogen-bond donors (Lipinski definition) is 0. The van der Waals surface area contributed by atoms with Gasteiger partial charge < -0.3 is 9.80 Å². The molecule has 4 rings (SSSR count). The van der Waals surface area contributed by atoms with E-state index in [4.69, 9.17) is 0 Å². The van der Waals surface area contributed by atoms with Crippen molar-refractivity contribution in [2.75, 3.05) is 19.6 Å². The van der Waals surface area contributed by atoms with Gasteiger partial charge in [-0.2, -0.15) is 5.10 Å². The normalized spacial score (nSPS) is 20.3. The average Bonchev–Trinajstić information content (AvgIpc) is 3.03. The van der Waals surface area contributed by atoms with Crippen LogP contribution in [0.5, 0.6) is 0 Å². The zero-order valence-corrected chi connectivity index (χ0v) is 15.7. The van der Waals surface area contributed by atoms with Crippen LogP contribution in [0.25, 0.3) is 11.4 Å². The van der Waals surface area contributed by atoms with Gasteiger partial charge in [0, 0.05) is 25.1 Å². The predicted octanol–water partition coefficient (Wildman–Crippen LogP) is 2.25. The maximum absolute atomic E-state index is 12.9. The fraction of sp³-hybridized carbons (Fsp3) is 0.500. The fourth-order valence-corrected chi connectivity index (χ4v) is 3.87. The summed E-state index contributed by atoms with van der Waals surface area (Å²) in [6.45, 7) is 4.05. The molecule has 1 aromatic heterocycles. The van der Waals surface area contributed by atoms with E-state index >= 15 is 0 Å². The van der Waals surface area contributed by atoms with Crippen molar-refractivity contribution in [1.29, 1.82) is 0 Å². The molecule has 1 aromatic carbocycles. The van der Waals surface area contributed by atoms with Crippen LogP contribution in [0.4, 0.5) is 0 Å². The van der Waals surface area contributed by atoms with Crippen LogP contribution in [0, 0.1) is 0 Å². The average molecular weight is 367 g/mol. The number of carbonyl (C=O) groups is 2. The van der Waals surface area contributed by atoms with E-state index in [1.165, 1.54) is 0 Å². The molecule has 0 saturated carbocycles. The van der Waals surface area contributed by atoms with E-state index < -0.39 is 0 Å². The minimum atomic E-state index is -0.154. The highest BCUT2D eigenvalue weighted by atomic mass is 16.2. The van der Waals surface area contributed by atoms with Gasteiger partial charge in [0.25, 0.3) is 0 Å². The molecule has 1 atom stereocenters. The van der Waals surface area contributed by atoms with E-state index in [9.17, 15) is 9.59 Å². The maximum atomic E-state index is 12.9. The van der Waals surface area contributed by atoms with Gasteiger partial charge in [-0.05, 0) is 19.8 Å². The largest absolute Gasteiger partial charge is 0.333 e. The lowest BCUT2D eigenvalue weighted by atomic mass is 10.2. The summed E-state index contributed by atoms with van der Waals surface area (Å²) in [6, 6.07) is 9.71. The van der Waals surface area contributed by atoms with Gasteiger partial charge in [0.1, 0.15) is 5.82 Å². The minimum absolute atomic E-state index is 0.00624. The van der Waals surface area contributed by atoms with E-state index in [-0.39, 0.29) is 24.4 Å². The summed E-state index contributed by atoms with van der Waals surface area (Å²) in [6.07, 6.45) is 3.51. The third-order valence-corrected chi connectivity index (χ3v) is 5.44. The number of benzene rings is 1. The number of amides is 2. The summed E-state index contributed by atoms with van der Waals surface area (Å²) in [5, 5.41) is 4.61. The van der Waals surface area contributed by atoms with Crippen LogP contribution in [0.3, 0.4) is 0 Å². The van der Waals surface area contributed by atoms with Crippen LogP contribution in [0.1, 0.15) is 44.5 Å². The molecule has 2 aromatic rings. The zero-order valence-electron chi connectivity index (χ0n) is 15.7. The van der Waals surface area contributed by atoms with Gasteiger partial charge in [0.15, 0.2) is 5.82 Å². The smallest absolute Gasteiger partial charge is 0.242 e. The van der Waals surface area contributed by atoms with Gasteiger partial charge in [0.05, 0.1) is 19.1 Å². The Bertz CT molecular complexity index is 832. The third-order valence-electron chi connectivity index (χ3n) is 5.44. The molecule has 1 saturated heterocycles. The number of carbonyl (C=O) groups excluding carboxylic acids is 2. The first kappa shape index (κ1) is 17.7. The highest BCUT2D eigenvalue weighted by Crippen LogP contribution is 2.26. The fourth-order valence-electron chi connectivity index (χ4n) is 3.87. The summed E-state index contributed by atoms with van der Waals surface area (Å²) < 4.78 is 1.90. The zero-order chi connectivity index (χ0) is 18.8. The Morgan fingerprint density at radius 1 is 1.11 bits per heavy atom. The van der Waals surface area contributed by atoms with Crippen LogP contribution >= 0.6 is 0 Å². The van der Waals surface area contributed by atoms with E-state index in [1.807, 2.05) is 46.8 Å². The van der Waals surface area contributed by atoms with Gasteiger partial charge in [-0.3, -0.25) is 9.59 Å². The van der Waals surface area contributed by atoms with Crippen molar-refractivity contribution in [2.45, 2.75) is 45.2 Å². The molecule has 1 fully saturated rings. The Labute approximate surface area is 159 Å². The van der Waals surface area contributed by atoms with Gasteiger partial charge >= 0.3 is 0 Å². The molecule has 0 spiro atoms.